The fourth-order valence-corrected chi connectivity index (χ4v) is 2.66. The SMILES string of the molecule is COc1ccc(C(=O)NCCc2nc(C(=O)O)cs2)c(OC)c1. The zero-order chi connectivity index (χ0) is 16.8. The minimum Gasteiger partial charge on any atom is -0.497 e. The number of hydrogen-bond donors (Lipinski definition) is 2. The van der Waals surface area contributed by atoms with Crippen LogP contribution in [0, 0.1) is 0 Å². The van der Waals surface area contributed by atoms with Gasteiger partial charge >= 0.3 is 5.97 Å². The Bertz CT molecular complexity index is 714. The van der Waals surface area contributed by atoms with Crippen molar-refractivity contribution < 1.29 is 24.2 Å². The Balaban J connectivity index is 1.95. The van der Waals surface area contributed by atoms with Crippen LogP contribution in [0.1, 0.15) is 25.9 Å². The van der Waals surface area contributed by atoms with E-state index in [2.05, 4.69) is 10.3 Å². The molecule has 0 aliphatic heterocycles. The number of aromatic nitrogens is 1. The molecule has 1 aromatic carbocycles. The number of benzene rings is 1. The van der Waals surface area contributed by atoms with E-state index in [4.69, 9.17) is 14.6 Å². The Hall–Kier alpha value is -2.61. The average Bonchev–Trinajstić information content (AvgIpc) is 3.03. The van der Waals surface area contributed by atoms with Crippen molar-refractivity contribution in [3.63, 3.8) is 0 Å². The summed E-state index contributed by atoms with van der Waals surface area (Å²) in [6, 6.07) is 4.94. The minimum absolute atomic E-state index is 0.0214. The number of carboxylic acids is 1. The maximum atomic E-state index is 12.2. The van der Waals surface area contributed by atoms with E-state index in [9.17, 15) is 9.59 Å². The lowest BCUT2D eigenvalue weighted by Gasteiger charge is -2.10. The lowest BCUT2D eigenvalue weighted by atomic mass is 10.1. The zero-order valence-electron chi connectivity index (χ0n) is 12.7. The molecule has 7 nitrogen and oxygen atoms in total. The maximum Gasteiger partial charge on any atom is 0.355 e. The van der Waals surface area contributed by atoms with Crippen molar-refractivity contribution in [1.29, 1.82) is 0 Å². The van der Waals surface area contributed by atoms with Crippen molar-refractivity contribution in [2.75, 3.05) is 20.8 Å². The molecule has 8 heteroatoms. The standard InChI is InChI=1S/C15H16N2O5S/c1-21-9-3-4-10(12(7-9)22-2)14(18)16-6-5-13-17-11(8-23-13)15(19)20/h3-4,7-8H,5-6H2,1-2H3,(H,16,18)(H,19,20). The second-order valence-corrected chi connectivity index (χ2v) is 5.45. The van der Waals surface area contributed by atoms with Crippen molar-refractivity contribution in [1.82, 2.24) is 10.3 Å². The number of ether oxygens (including phenoxy) is 2. The molecule has 1 aromatic heterocycles. The summed E-state index contributed by atoms with van der Waals surface area (Å²) in [6.45, 7) is 0.348. The predicted molar refractivity (Wildman–Crippen MR) is 84.7 cm³/mol. The van der Waals surface area contributed by atoms with E-state index in [1.165, 1.54) is 30.9 Å². The topological polar surface area (TPSA) is 97.8 Å². The second-order valence-electron chi connectivity index (χ2n) is 4.50. The van der Waals surface area contributed by atoms with Crippen LogP contribution in [0.25, 0.3) is 0 Å². The molecule has 2 N–H and O–H groups in total. The second kappa shape index (κ2) is 7.59. The summed E-state index contributed by atoms with van der Waals surface area (Å²) in [6.07, 6.45) is 0.460. The first-order valence-electron chi connectivity index (χ1n) is 6.73. The summed E-state index contributed by atoms with van der Waals surface area (Å²) in [4.78, 5) is 26.9. The van der Waals surface area contributed by atoms with Gasteiger partial charge < -0.3 is 19.9 Å². The van der Waals surface area contributed by atoms with Crippen LogP contribution in [0.3, 0.4) is 0 Å². The van der Waals surface area contributed by atoms with Crippen LogP contribution in [0.5, 0.6) is 11.5 Å². The number of methoxy groups -OCH3 is 2. The van der Waals surface area contributed by atoms with Gasteiger partial charge in [-0.25, -0.2) is 9.78 Å². The van der Waals surface area contributed by atoms with E-state index in [0.29, 0.717) is 35.0 Å². The van der Waals surface area contributed by atoms with Crippen LogP contribution in [-0.4, -0.2) is 42.7 Å². The molecule has 1 amide bonds. The van der Waals surface area contributed by atoms with Gasteiger partial charge in [0.2, 0.25) is 0 Å². The van der Waals surface area contributed by atoms with Gasteiger partial charge in [-0.05, 0) is 12.1 Å². The normalized spacial score (nSPS) is 10.2. The third kappa shape index (κ3) is 4.19. The number of carbonyl (C=O) groups excluding carboxylic acids is 1. The number of rotatable bonds is 7. The third-order valence-electron chi connectivity index (χ3n) is 3.05. The molecule has 0 saturated heterocycles. The van der Waals surface area contributed by atoms with E-state index in [-0.39, 0.29) is 11.6 Å². The van der Waals surface area contributed by atoms with Crippen molar-refractivity contribution >= 4 is 23.2 Å². The van der Waals surface area contributed by atoms with Gasteiger partial charge in [0.05, 0.1) is 24.8 Å². The molecular weight excluding hydrogens is 320 g/mol. The van der Waals surface area contributed by atoms with Crippen molar-refractivity contribution in [3.8, 4) is 11.5 Å². The maximum absolute atomic E-state index is 12.2. The Morgan fingerprint density at radius 1 is 1.30 bits per heavy atom. The van der Waals surface area contributed by atoms with Gasteiger partial charge in [-0.1, -0.05) is 0 Å². The van der Waals surface area contributed by atoms with Crippen molar-refractivity contribution in [2.24, 2.45) is 0 Å². The van der Waals surface area contributed by atoms with Gasteiger partial charge in [-0.3, -0.25) is 4.79 Å². The minimum atomic E-state index is -1.06. The Morgan fingerprint density at radius 2 is 2.09 bits per heavy atom. The number of hydrogen-bond acceptors (Lipinski definition) is 6. The highest BCUT2D eigenvalue weighted by Crippen LogP contribution is 2.24. The smallest absolute Gasteiger partial charge is 0.355 e. The molecular formula is C15H16N2O5S. The summed E-state index contributed by atoms with van der Waals surface area (Å²) in [5, 5.41) is 13.7. The number of nitrogens with zero attached hydrogens (tertiary/aromatic N) is 1. The summed E-state index contributed by atoms with van der Waals surface area (Å²) in [7, 11) is 3.02. The quantitative estimate of drug-likeness (QED) is 0.800. The number of nitrogens with one attached hydrogen (secondary N) is 1. The number of carboxylic acid groups (broad SMARTS) is 1. The third-order valence-corrected chi connectivity index (χ3v) is 3.96. The molecule has 0 saturated carbocycles. The molecule has 0 aliphatic rings. The molecule has 0 spiro atoms. The number of thiazole rings is 1. The van der Waals surface area contributed by atoms with E-state index in [0.717, 1.165) is 0 Å². The monoisotopic (exact) mass is 336 g/mol. The Labute approximate surface area is 136 Å². The number of aromatic carboxylic acids is 1. The Morgan fingerprint density at radius 3 is 2.70 bits per heavy atom. The first kappa shape index (κ1) is 16.8. The molecule has 0 bridgehead atoms. The van der Waals surface area contributed by atoms with Crippen molar-refractivity contribution in [3.05, 3.63) is 39.8 Å². The summed E-state index contributed by atoms with van der Waals surface area (Å²) in [5.41, 5.74) is 0.423. The number of amides is 1. The fraction of sp³-hybridized carbons (Fsp3) is 0.267. The van der Waals surface area contributed by atoms with Crippen LogP contribution in [0.4, 0.5) is 0 Å². The first-order valence-corrected chi connectivity index (χ1v) is 7.61. The van der Waals surface area contributed by atoms with Gasteiger partial charge in [0.1, 0.15) is 11.5 Å². The van der Waals surface area contributed by atoms with Gasteiger partial charge in [0.25, 0.3) is 5.91 Å². The van der Waals surface area contributed by atoms with Gasteiger partial charge in [-0.15, -0.1) is 11.3 Å². The highest BCUT2D eigenvalue weighted by molar-refractivity contribution is 7.09. The summed E-state index contributed by atoms with van der Waals surface area (Å²) < 4.78 is 10.3. The van der Waals surface area contributed by atoms with E-state index < -0.39 is 5.97 Å². The van der Waals surface area contributed by atoms with E-state index in [1.807, 2.05) is 0 Å². The molecule has 0 atom stereocenters. The first-order chi connectivity index (χ1) is 11.0. The summed E-state index contributed by atoms with van der Waals surface area (Å²) >= 11 is 1.25. The van der Waals surface area contributed by atoms with Gasteiger partial charge in [0.15, 0.2) is 5.69 Å². The lowest BCUT2D eigenvalue weighted by molar-refractivity contribution is 0.0690. The summed E-state index contributed by atoms with van der Waals surface area (Å²) in [5.74, 6) is -0.314. The van der Waals surface area contributed by atoms with E-state index >= 15 is 0 Å². The zero-order valence-corrected chi connectivity index (χ0v) is 13.5. The lowest BCUT2D eigenvalue weighted by Crippen LogP contribution is -2.26. The van der Waals surface area contributed by atoms with Crippen LogP contribution in [0.15, 0.2) is 23.6 Å². The van der Waals surface area contributed by atoms with Crippen LogP contribution < -0.4 is 14.8 Å². The molecule has 23 heavy (non-hydrogen) atoms. The van der Waals surface area contributed by atoms with Crippen molar-refractivity contribution in [2.45, 2.75) is 6.42 Å². The number of carbonyl (C=O) groups is 2. The van der Waals surface area contributed by atoms with Crippen LogP contribution in [-0.2, 0) is 6.42 Å². The molecule has 0 aliphatic carbocycles. The van der Waals surface area contributed by atoms with Crippen LogP contribution in [0.2, 0.25) is 0 Å². The highest BCUT2D eigenvalue weighted by Gasteiger charge is 2.13. The molecule has 0 radical (unpaired) electrons. The fourth-order valence-electron chi connectivity index (χ4n) is 1.89. The molecule has 1 heterocycles. The predicted octanol–water partition coefficient (Wildman–Crippen LogP) is 1.83. The molecule has 2 aromatic rings. The molecule has 122 valence electrons. The highest BCUT2D eigenvalue weighted by atomic mass is 32.1. The van der Waals surface area contributed by atoms with Gasteiger partial charge in [0, 0.05) is 24.4 Å². The molecule has 0 unspecified atom stereocenters. The Kier molecular flexibility index (Phi) is 5.53. The largest absolute Gasteiger partial charge is 0.497 e. The van der Waals surface area contributed by atoms with E-state index in [1.54, 1.807) is 18.2 Å². The van der Waals surface area contributed by atoms with Gasteiger partial charge in [-0.2, -0.15) is 0 Å². The average molecular weight is 336 g/mol. The van der Waals surface area contributed by atoms with Crippen LogP contribution >= 0.6 is 11.3 Å². The molecule has 0 fully saturated rings. The molecule has 2 rings (SSSR count).